The SMILES string of the molecule is CCN(CC)CCC1=[C]([Ti+3])C(C)(C)C(C)=C1C.[Cl-].[Cl-].[Cl-]. The second-order valence-corrected chi connectivity index (χ2v) is 6.29. The van der Waals surface area contributed by atoms with Crippen LogP contribution in [0.2, 0.25) is 0 Å². The van der Waals surface area contributed by atoms with Gasteiger partial charge in [0.05, 0.1) is 0 Å². The molecule has 0 N–H and O–H groups in total. The fourth-order valence-electron chi connectivity index (χ4n) is 2.57. The van der Waals surface area contributed by atoms with Gasteiger partial charge in [-0.1, -0.05) is 0 Å². The zero-order chi connectivity index (χ0) is 13.2. The van der Waals surface area contributed by atoms with Gasteiger partial charge in [-0.15, -0.1) is 0 Å². The van der Waals surface area contributed by atoms with Crippen molar-refractivity contribution in [3.63, 3.8) is 0 Å². The van der Waals surface area contributed by atoms with E-state index >= 15 is 0 Å². The summed E-state index contributed by atoms with van der Waals surface area (Å²) in [4.78, 5) is 2.51. The van der Waals surface area contributed by atoms with Crippen molar-refractivity contribution < 1.29 is 57.7 Å². The number of hydrogen-bond donors (Lipinski definition) is 0. The molecule has 0 aromatic heterocycles. The van der Waals surface area contributed by atoms with Crippen LogP contribution in [0.1, 0.15) is 48.0 Å². The Morgan fingerprint density at radius 1 is 1.00 bits per heavy atom. The monoisotopic (exact) mass is 373 g/mol. The Hall–Kier alpha value is 1.02. The summed E-state index contributed by atoms with van der Waals surface area (Å²) in [5.41, 5.74) is 4.99. The van der Waals surface area contributed by atoms with E-state index in [2.05, 4.69) is 66.9 Å². The van der Waals surface area contributed by atoms with Crippen molar-refractivity contribution in [2.45, 2.75) is 48.0 Å². The van der Waals surface area contributed by atoms with Gasteiger partial charge in [0, 0.05) is 0 Å². The average Bonchev–Trinajstić information content (AvgIpc) is 2.44. The fraction of sp³-hybridized carbons (Fsp3) is 0.733. The molecule has 1 aliphatic rings. The van der Waals surface area contributed by atoms with Gasteiger partial charge in [0.1, 0.15) is 0 Å². The van der Waals surface area contributed by atoms with Crippen LogP contribution in [0.5, 0.6) is 0 Å². The number of nitrogens with zero attached hydrogens (tertiary/aromatic N) is 1. The van der Waals surface area contributed by atoms with Crippen LogP contribution in [-0.4, -0.2) is 24.5 Å². The summed E-state index contributed by atoms with van der Waals surface area (Å²) in [5, 5.41) is 0. The smallest absolute Gasteiger partial charge is 1.00 e. The van der Waals surface area contributed by atoms with Crippen LogP contribution < -0.4 is 37.2 Å². The predicted octanol–water partition coefficient (Wildman–Crippen LogP) is -5.09. The fourth-order valence-corrected chi connectivity index (χ4v) is 3.35. The third-order valence-corrected chi connectivity index (χ3v) is 5.90. The van der Waals surface area contributed by atoms with Crippen molar-refractivity contribution >= 4 is 0 Å². The van der Waals surface area contributed by atoms with E-state index in [9.17, 15) is 0 Å². The average molecular weight is 375 g/mol. The minimum Gasteiger partial charge on any atom is -1.00 e. The summed E-state index contributed by atoms with van der Waals surface area (Å²) in [6, 6.07) is 0. The zero-order valence-corrected chi connectivity index (χ0v) is 17.2. The maximum absolute atomic E-state index is 2.51. The Kier molecular flexibility index (Phi) is 13.9. The minimum atomic E-state index is 0. The summed E-state index contributed by atoms with van der Waals surface area (Å²) >= 11 is 2.32. The number of rotatable bonds is 5. The van der Waals surface area contributed by atoms with Crippen molar-refractivity contribution in [3.8, 4) is 0 Å². The molecule has 1 nitrogen and oxygen atoms in total. The normalized spacial score (nSPS) is 16.9. The van der Waals surface area contributed by atoms with Crippen LogP contribution in [0.4, 0.5) is 0 Å². The summed E-state index contributed by atoms with van der Waals surface area (Å²) in [7, 11) is 0. The summed E-state index contributed by atoms with van der Waals surface area (Å²) in [6.45, 7) is 17.3. The van der Waals surface area contributed by atoms with Gasteiger partial charge in [-0.05, 0) is 0 Å². The van der Waals surface area contributed by atoms with Gasteiger partial charge in [0.25, 0.3) is 0 Å². The standard InChI is InChI=1S/C15H26N.3ClH.Ti/c1-7-16(8-2)10-9-14-11-15(5,6)13(4)12(14)3;;;;/h7-10H2,1-6H3;3*1H;/q;;;;+3/p-3. The molecule has 0 aromatic rings. The molecular formula is C15H26Cl3NTi. The van der Waals surface area contributed by atoms with Crippen molar-refractivity contribution in [2.24, 2.45) is 5.41 Å². The third-order valence-electron chi connectivity index (χ3n) is 4.45. The van der Waals surface area contributed by atoms with E-state index in [-0.39, 0.29) is 42.6 Å². The van der Waals surface area contributed by atoms with Gasteiger partial charge in [0.15, 0.2) is 0 Å². The Labute approximate surface area is 155 Å². The van der Waals surface area contributed by atoms with Gasteiger partial charge in [-0.25, -0.2) is 0 Å². The van der Waals surface area contributed by atoms with Crippen LogP contribution in [0, 0.1) is 5.41 Å². The minimum absolute atomic E-state index is 0. The molecule has 20 heavy (non-hydrogen) atoms. The molecule has 0 bridgehead atoms. The van der Waals surface area contributed by atoms with Crippen LogP contribution in [0.15, 0.2) is 20.6 Å². The Bertz CT molecular complexity index is 358. The molecule has 0 heterocycles. The molecule has 0 atom stereocenters. The summed E-state index contributed by atoms with van der Waals surface area (Å²) < 4.78 is 1.58. The van der Waals surface area contributed by atoms with Crippen LogP contribution >= 0.6 is 0 Å². The van der Waals surface area contributed by atoms with E-state index in [1.54, 1.807) is 20.6 Å². The predicted molar refractivity (Wildman–Crippen MR) is 71.6 cm³/mol. The van der Waals surface area contributed by atoms with Gasteiger partial charge in [0.2, 0.25) is 0 Å². The van der Waals surface area contributed by atoms with Crippen molar-refractivity contribution in [3.05, 3.63) is 20.6 Å². The largest absolute Gasteiger partial charge is 1.00 e. The van der Waals surface area contributed by atoms with Crippen molar-refractivity contribution in [1.82, 2.24) is 4.90 Å². The molecule has 0 amide bonds. The maximum atomic E-state index is 2.51. The molecule has 0 radical (unpaired) electrons. The van der Waals surface area contributed by atoms with Crippen LogP contribution in [0.3, 0.4) is 0 Å². The van der Waals surface area contributed by atoms with E-state index in [0.717, 1.165) is 13.1 Å². The van der Waals surface area contributed by atoms with E-state index in [1.807, 2.05) is 0 Å². The maximum Gasteiger partial charge on any atom is -1.00 e. The third kappa shape index (κ3) is 5.34. The molecule has 0 saturated carbocycles. The summed E-state index contributed by atoms with van der Waals surface area (Å²) in [5.74, 6) is 0. The second-order valence-electron chi connectivity index (χ2n) is 5.51. The number of allylic oxidation sites excluding steroid dienone is 3. The van der Waals surface area contributed by atoms with E-state index in [1.165, 1.54) is 13.0 Å². The van der Waals surface area contributed by atoms with Crippen molar-refractivity contribution in [1.29, 1.82) is 0 Å². The van der Waals surface area contributed by atoms with Crippen LogP contribution in [0.25, 0.3) is 0 Å². The zero-order valence-electron chi connectivity index (χ0n) is 13.4. The number of hydrogen-bond acceptors (Lipinski definition) is 1. The quantitative estimate of drug-likeness (QED) is 0.436. The Morgan fingerprint density at radius 2 is 1.45 bits per heavy atom. The van der Waals surface area contributed by atoms with Gasteiger partial charge >= 0.3 is 119 Å². The molecular weight excluding hydrogens is 348 g/mol. The molecule has 0 aliphatic heterocycles. The van der Waals surface area contributed by atoms with Gasteiger partial charge in [-0.2, -0.15) is 0 Å². The molecule has 5 heteroatoms. The molecule has 1 aliphatic carbocycles. The first-order valence-corrected chi connectivity index (χ1v) is 7.50. The van der Waals surface area contributed by atoms with E-state index < -0.39 is 0 Å². The molecule has 0 spiro atoms. The molecule has 0 unspecified atom stereocenters. The molecule has 0 saturated heterocycles. The topological polar surface area (TPSA) is 3.24 Å². The second kappa shape index (κ2) is 10.7. The number of halogens is 3. The van der Waals surface area contributed by atoms with Gasteiger partial charge < -0.3 is 37.2 Å². The Morgan fingerprint density at radius 3 is 1.75 bits per heavy atom. The first-order chi connectivity index (χ1) is 7.86. The Balaban J connectivity index is -0.000000963. The molecule has 0 aromatic carbocycles. The summed E-state index contributed by atoms with van der Waals surface area (Å²) in [6.07, 6.45) is 1.21. The molecule has 116 valence electrons. The van der Waals surface area contributed by atoms with Crippen LogP contribution in [-0.2, 0) is 20.4 Å². The molecule has 1 rings (SSSR count). The molecule has 0 fully saturated rings. The first-order valence-electron chi connectivity index (χ1n) is 6.72. The van der Waals surface area contributed by atoms with E-state index in [0.29, 0.717) is 0 Å². The first kappa shape index (κ1) is 25.9. The van der Waals surface area contributed by atoms with Gasteiger partial charge in [-0.3, -0.25) is 0 Å². The van der Waals surface area contributed by atoms with E-state index in [4.69, 9.17) is 0 Å². The van der Waals surface area contributed by atoms with Crippen molar-refractivity contribution in [2.75, 3.05) is 19.6 Å².